The van der Waals surface area contributed by atoms with Crippen LogP contribution in [0.1, 0.15) is 30.2 Å². The lowest BCUT2D eigenvalue weighted by molar-refractivity contribution is 0.261. The molecule has 2 aromatic rings. The number of halogens is 2. The number of hydrogen-bond acceptors (Lipinski definition) is 1. The SMILES string of the molecule is CCc1cc2n(c1)CCCN(Cc1cc(Cl)cc(Cl)c1)C2. The predicted molar refractivity (Wildman–Crippen MR) is 89.0 cm³/mol. The van der Waals surface area contributed by atoms with Crippen molar-refractivity contribution >= 4 is 23.2 Å². The molecule has 0 radical (unpaired) electrons. The van der Waals surface area contributed by atoms with Crippen LogP contribution in [0, 0.1) is 0 Å². The molecule has 3 rings (SSSR count). The average molecular weight is 323 g/mol. The fourth-order valence-corrected chi connectivity index (χ4v) is 3.59. The molecule has 2 nitrogen and oxygen atoms in total. The maximum absolute atomic E-state index is 6.10. The first-order chi connectivity index (χ1) is 10.1. The van der Waals surface area contributed by atoms with Gasteiger partial charge in [-0.1, -0.05) is 30.1 Å². The fourth-order valence-electron chi connectivity index (χ4n) is 3.02. The Hall–Kier alpha value is -0.960. The van der Waals surface area contributed by atoms with Gasteiger partial charge < -0.3 is 4.57 Å². The number of rotatable bonds is 3. The third kappa shape index (κ3) is 3.63. The molecule has 21 heavy (non-hydrogen) atoms. The van der Waals surface area contributed by atoms with Gasteiger partial charge in [0.15, 0.2) is 0 Å². The van der Waals surface area contributed by atoms with Crippen molar-refractivity contribution in [2.45, 2.75) is 39.4 Å². The highest BCUT2D eigenvalue weighted by molar-refractivity contribution is 6.34. The van der Waals surface area contributed by atoms with Gasteiger partial charge in [0.05, 0.1) is 0 Å². The van der Waals surface area contributed by atoms with Crippen LogP contribution < -0.4 is 0 Å². The summed E-state index contributed by atoms with van der Waals surface area (Å²) in [5, 5.41) is 1.42. The smallest absolute Gasteiger partial charge is 0.0424 e. The highest BCUT2D eigenvalue weighted by Crippen LogP contribution is 2.22. The molecule has 4 heteroatoms. The quantitative estimate of drug-likeness (QED) is 0.790. The lowest BCUT2D eigenvalue weighted by Gasteiger charge is -2.20. The Morgan fingerprint density at radius 1 is 1.00 bits per heavy atom. The standard InChI is InChI=1S/C17H20Cl2N2/c1-2-13-8-17-12-20(4-3-5-21(17)11-13)10-14-6-15(18)9-16(19)7-14/h6-9,11H,2-5,10,12H2,1H3. The lowest BCUT2D eigenvalue weighted by Crippen LogP contribution is -2.22. The van der Waals surface area contributed by atoms with E-state index in [4.69, 9.17) is 23.2 Å². The molecule has 0 N–H and O–H groups in total. The molecule has 112 valence electrons. The van der Waals surface area contributed by atoms with Gasteiger partial charge in [0.2, 0.25) is 0 Å². The molecule has 0 saturated carbocycles. The summed E-state index contributed by atoms with van der Waals surface area (Å²) < 4.78 is 2.41. The second-order valence-electron chi connectivity index (χ2n) is 5.73. The Morgan fingerprint density at radius 3 is 2.48 bits per heavy atom. The number of benzene rings is 1. The van der Waals surface area contributed by atoms with Crippen LogP contribution in [0.5, 0.6) is 0 Å². The van der Waals surface area contributed by atoms with Crippen molar-refractivity contribution in [2.75, 3.05) is 6.54 Å². The van der Waals surface area contributed by atoms with E-state index in [-0.39, 0.29) is 0 Å². The largest absolute Gasteiger partial charge is 0.350 e. The Kier molecular flexibility index (Phi) is 4.58. The van der Waals surface area contributed by atoms with E-state index in [1.165, 1.54) is 23.2 Å². The van der Waals surface area contributed by atoms with Gasteiger partial charge in [-0.15, -0.1) is 0 Å². The monoisotopic (exact) mass is 322 g/mol. The topological polar surface area (TPSA) is 8.17 Å². The van der Waals surface area contributed by atoms with Crippen molar-refractivity contribution < 1.29 is 0 Å². The summed E-state index contributed by atoms with van der Waals surface area (Å²) in [4.78, 5) is 2.47. The molecule has 1 aromatic carbocycles. The van der Waals surface area contributed by atoms with E-state index in [9.17, 15) is 0 Å². The van der Waals surface area contributed by atoms with Crippen molar-refractivity contribution in [1.82, 2.24) is 9.47 Å². The summed E-state index contributed by atoms with van der Waals surface area (Å²) in [7, 11) is 0. The third-order valence-electron chi connectivity index (χ3n) is 4.04. The van der Waals surface area contributed by atoms with Crippen molar-refractivity contribution in [3.05, 3.63) is 57.3 Å². The number of aromatic nitrogens is 1. The maximum atomic E-state index is 6.10. The molecule has 1 aliphatic heterocycles. The number of nitrogens with zero attached hydrogens (tertiary/aromatic N) is 2. The summed E-state index contributed by atoms with van der Waals surface area (Å²) >= 11 is 12.2. The highest BCUT2D eigenvalue weighted by Gasteiger charge is 2.15. The molecular weight excluding hydrogens is 303 g/mol. The van der Waals surface area contributed by atoms with Gasteiger partial charge in [-0.2, -0.15) is 0 Å². The maximum Gasteiger partial charge on any atom is 0.0424 e. The van der Waals surface area contributed by atoms with Gasteiger partial charge in [-0.05, 0) is 48.2 Å². The van der Waals surface area contributed by atoms with Crippen LogP contribution in [0.4, 0.5) is 0 Å². The molecule has 1 aromatic heterocycles. The van der Waals surface area contributed by atoms with Crippen LogP contribution in [-0.4, -0.2) is 16.0 Å². The molecule has 0 aliphatic carbocycles. The van der Waals surface area contributed by atoms with E-state index < -0.39 is 0 Å². The third-order valence-corrected chi connectivity index (χ3v) is 4.47. The van der Waals surface area contributed by atoms with E-state index in [0.717, 1.165) is 32.6 Å². The van der Waals surface area contributed by atoms with Crippen molar-refractivity contribution in [3.63, 3.8) is 0 Å². The summed E-state index contributed by atoms with van der Waals surface area (Å²) in [5.41, 5.74) is 4.03. The first-order valence-electron chi connectivity index (χ1n) is 7.49. The van der Waals surface area contributed by atoms with E-state index >= 15 is 0 Å². The predicted octanol–water partition coefficient (Wildman–Crippen LogP) is 4.76. The lowest BCUT2D eigenvalue weighted by atomic mass is 10.2. The zero-order valence-electron chi connectivity index (χ0n) is 12.3. The minimum atomic E-state index is 0.712. The van der Waals surface area contributed by atoms with Crippen molar-refractivity contribution in [3.8, 4) is 0 Å². The minimum Gasteiger partial charge on any atom is -0.350 e. The van der Waals surface area contributed by atoms with Gasteiger partial charge in [-0.25, -0.2) is 0 Å². The molecule has 0 unspecified atom stereocenters. The molecule has 1 aliphatic rings. The molecule has 0 amide bonds. The van der Waals surface area contributed by atoms with Gasteiger partial charge in [0, 0.05) is 48.1 Å². The van der Waals surface area contributed by atoms with Crippen molar-refractivity contribution in [2.24, 2.45) is 0 Å². The first-order valence-corrected chi connectivity index (χ1v) is 8.25. The Balaban J connectivity index is 1.76. The molecule has 0 bridgehead atoms. The summed E-state index contributed by atoms with van der Waals surface area (Å²) in [5.74, 6) is 0. The molecular formula is C17H20Cl2N2. The van der Waals surface area contributed by atoms with E-state index in [1.807, 2.05) is 12.1 Å². The second-order valence-corrected chi connectivity index (χ2v) is 6.60. The van der Waals surface area contributed by atoms with Crippen LogP contribution in [0.25, 0.3) is 0 Å². The Labute approximate surface area is 136 Å². The number of hydrogen-bond donors (Lipinski definition) is 0. The molecule has 0 saturated heterocycles. The summed E-state index contributed by atoms with van der Waals surface area (Å²) in [6, 6.07) is 8.14. The summed E-state index contributed by atoms with van der Waals surface area (Å²) in [6.45, 7) is 6.31. The van der Waals surface area contributed by atoms with Gasteiger partial charge in [-0.3, -0.25) is 4.90 Å². The van der Waals surface area contributed by atoms with Crippen LogP contribution >= 0.6 is 23.2 Å². The van der Waals surface area contributed by atoms with E-state index in [2.05, 4.69) is 28.7 Å². The Morgan fingerprint density at radius 2 is 1.76 bits per heavy atom. The van der Waals surface area contributed by atoms with Crippen molar-refractivity contribution in [1.29, 1.82) is 0 Å². The van der Waals surface area contributed by atoms with Gasteiger partial charge in [0.25, 0.3) is 0 Å². The van der Waals surface area contributed by atoms with Crippen LogP contribution in [0.3, 0.4) is 0 Å². The minimum absolute atomic E-state index is 0.712. The van der Waals surface area contributed by atoms with E-state index in [0.29, 0.717) is 10.0 Å². The normalized spacial score (nSPS) is 15.8. The van der Waals surface area contributed by atoms with Gasteiger partial charge in [0.1, 0.15) is 0 Å². The fraction of sp³-hybridized carbons (Fsp3) is 0.412. The molecule has 2 heterocycles. The average Bonchev–Trinajstić information content (AvgIpc) is 2.71. The van der Waals surface area contributed by atoms with Crippen LogP contribution in [-0.2, 0) is 26.1 Å². The highest BCUT2D eigenvalue weighted by atomic mass is 35.5. The first kappa shape index (κ1) is 15.0. The second kappa shape index (κ2) is 6.43. The number of fused-ring (bicyclic) bond motifs is 1. The molecule has 0 fully saturated rings. The Bertz CT molecular complexity index is 613. The molecule has 0 spiro atoms. The zero-order chi connectivity index (χ0) is 14.8. The molecule has 0 atom stereocenters. The number of aryl methyl sites for hydroxylation is 2. The summed E-state index contributed by atoms with van der Waals surface area (Å²) in [6.07, 6.45) is 4.58. The van der Waals surface area contributed by atoms with Gasteiger partial charge >= 0.3 is 0 Å². The van der Waals surface area contributed by atoms with Crippen LogP contribution in [0.2, 0.25) is 10.0 Å². The van der Waals surface area contributed by atoms with Crippen LogP contribution in [0.15, 0.2) is 30.5 Å². The van der Waals surface area contributed by atoms with E-state index in [1.54, 1.807) is 6.07 Å². The zero-order valence-corrected chi connectivity index (χ0v) is 13.8.